The van der Waals surface area contributed by atoms with Gasteiger partial charge >= 0.3 is 18.0 Å². The van der Waals surface area contributed by atoms with E-state index in [9.17, 15) is 14.4 Å². The summed E-state index contributed by atoms with van der Waals surface area (Å²) in [5.74, 6) is -0.682. The molecule has 8 heteroatoms. The highest BCUT2D eigenvalue weighted by atomic mass is 16.5. The van der Waals surface area contributed by atoms with E-state index in [0.29, 0.717) is 18.9 Å². The van der Waals surface area contributed by atoms with Crippen LogP contribution in [0, 0.1) is 0 Å². The average molecular weight is 437 g/mol. The molecule has 0 saturated carbocycles. The number of unbranched alkanes of at least 4 members (excludes halogenated alkanes) is 4. The fourth-order valence-electron chi connectivity index (χ4n) is 2.88. The number of anilines is 1. The number of hydrogen-bond acceptors (Lipinski definition) is 6. The van der Waals surface area contributed by atoms with Crippen LogP contribution in [0.5, 0.6) is 0 Å². The van der Waals surface area contributed by atoms with Gasteiger partial charge in [-0.2, -0.15) is 0 Å². The van der Waals surface area contributed by atoms with Crippen molar-refractivity contribution in [2.75, 3.05) is 38.3 Å². The predicted octanol–water partition coefficient (Wildman–Crippen LogP) is 3.83. The second kappa shape index (κ2) is 17.1. The lowest BCUT2D eigenvalue weighted by atomic mass is 10.1. The summed E-state index contributed by atoms with van der Waals surface area (Å²) in [5, 5.41) is 5.18. The third-order valence-electron chi connectivity index (χ3n) is 4.38. The van der Waals surface area contributed by atoms with Crippen LogP contribution in [-0.4, -0.2) is 50.9 Å². The van der Waals surface area contributed by atoms with Crippen molar-refractivity contribution in [3.05, 3.63) is 29.8 Å². The van der Waals surface area contributed by atoms with Gasteiger partial charge in [0.05, 0.1) is 13.2 Å². The summed E-state index contributed by atoms with van der Waals surface area (Å²) in [7, 11) is 0. The van der Waals surface area contributed by atoms with Gasteiger partial charge in [-0.1, -0.05) is 31.4 Å². The van der Waals surface area contributed by atoms with Crippen LogP contribution in [-0.2, 0) is 30.2 Å². The molecular formula is C23H36N2O6. The van der Waals surface area contributed by atoms with Crippen molar-refractivity contribution >= 4 is 23.7 Å². The van der Waals surface area contributed by atoms with Gasteiger partial charge in [-0.15, -0.1) is 0 Å². The first-order chi connectivity index (χ1) is 15.0. The Bertz CT molecular complexity index is 665. The Balaban J connectivity index is 2.08. The number of esters is 2. The molecule has 1 rings (SSSR count). The average Bonchev–Trinajstić information content (AvgIpc) is 2.73. The third-order valence-corrected chi connectivity index (χ3v) is 4.38. The number of nitrogens with one attached hydrogen (secondary N) is 2. The van der Waals surface area contributed by atoms with E-state index in [0.717, 1.165) is 57.1 Å². The Morgan fingerprint density at radius 2 is 1.61 bits per heavy atom. The SMILES string of the molecule is CCOC(=O)CNC(=O)Nc1cccc(CCCOCCCCCCCOC(C)=O)c1. The summed E-state index contributed by atoms with van der Waals surface area (Å²) in [6, 6.07) is 7.17. The molecule has 1 aromatic rings. The molecule has 0 unspecified atom stereocenters. The third kappa shape index (κ3) is 14.9. The number of urea groups is 1. The molecule has 2 amide bonds. The van der Waals surface area contributed by atoms with Crippen LogP contribution in [0.25, 0.3) is 0 Å². The highest BCUT2D eigenvalue weighted by molar-refractivity contribution is 5.91. The second-order valence-electron chi connectivity index (χ2n) is 7.14. The fourth-order valence-corrected chi connectivity index (χ4v) is 2.88. The van der Waals surface area contributed by atoms with E-state index in [2.05, 4.69) is 10.6 Å². The quantitative estimate of drug-likeness (QED) is 0.302. The molecule has 0 saturated heterocycles. The molecule has 0 radical (unpaired) electrons. The van der Waals surface area contributed by atoms with Gasteiger partial charge in [0.25, 0.3) is 0 Å². The van der Waals surface area contributed by atoms with Crippen molar-refractivity contribution in [2.24, 2.45) is 0 Å². The van der Waals surface area contributed by atoms with Crippen LogP contribution >= 0.6 is 0 Å². The molecule has 0 atom stereocenters. The molecule has 0 aliphatic rings. The first kappa shape index (κ1) is 26.4. The topological polar surface area (TPSA) is 103 Å². The monoisotopic (exact) mass is 436 g/mol. The van der Waals surface area contributed by atoms with Gasteiger partial charge in [-0.3, -0.25) is 9.59 Å². The lowest BCUT2D eigenvalue weighted by Crippen LogP contribution is -2.34. The number of amides is 2. The zero-order valence-corrected chi connectivity index (χ0v) is 18.7. The molecule has 1 aromatic carbocycles. The van der Waals surface area contributed by atoms with Gasteiger partial charge in [0.15, 0.2) is 0 Å². The highest BCUT2D eigenvalue weighted by Gasteiger charge is 2.06. The van der Waals surface area contributed by atoms with Crippen LogP contribution in [0.2, 0.25) is 0 Å². The summed E-state index contributed by atoms with van der Waals surface area (Å²) in [6.07, 6.45) is 7.02. The van der Waals surface area contributed by atoms with E-state index in [-0.39, 0.29) is 19.1 Å². The van der Waals surface area contributed by atoms with E-state index in [1.54, 1.807) is 13.0 Å². The Kier molecular flexibility index (Phi) is 14.6. The molecule has 2 N–H and O–H groups in total. The first-order valence-electron chi connectivity index (χ1n) is 11.0. The maximum atomic E-state index is 11.8. The van der Waals surface area contributed by atoms with Crippen molar-refractivity contribution in [3.8, 4) is 0 Å². The Hall–Kier alpha value is -2.61. The molecular weight excluding hydrogens is 400 g/mol. The Morgan fingerprint density at radius 1 is 0.903 bits per heavy atom. The summed E-state index contributed by atoms with van der Waals surface area (Å²) in [5.41, 5.74) is 1.79. The van der Waals surface area contributed by atoms with Gasteiger partial charge in [-0.05, 0) is 50.3 Å². The van der Waals surface area contributed by atoms with Crippen LogP contribution in [0.3, 0.4) is 0 Å². The van der Waals surface area contributed by atoms with Crippen molar-refractivity contribution in [1.29, 1.82) is 0 Å². The molecule has 0 heterocycles. The van der Waals surface area contributed by atoms with Gasteiger partial charge in [0, 0.05) is 25.8 Å². The maximum absolute atomic E-state index is 11.8. The number of carbonyl (C=O) groups excluding carboxylic acids is 3. The summed E-state index contributed by atoms with van der Waals surface area (Å²) in [4.78, 5) is 33.8. The molecule has 174 valence electrons. The molecule has 31 heavy (non-hydrogen) atoms. The summed E-state index contributed by atoms with van der Waals surface area (Å²) < 4.78 is 15.4. The van der Waals surface area contributed by atoms with Crippen LogP contribution in [0.1, 0.15) is 57.9 Å². The van der Waals surface area contributed by atoms with E-state index in [1.165, 1.54) is 6.92 Å². The van der Waals surface area contributed by atoms with Crippen molar-refractivity contribution in [1.82, 2.24) is 5.32 Å². The summed E-state index contributed by atoms with van der Waals surface area (Å²) in [6.45, 7) is 5.24. The fraction of sp³-hybridized carbons (Fsp3) is 0.609. The van der Waals surface area contributed by atoms with E-state index in [1.807, 2.05) is 18.2 Å². The van der Waals surface area contributed by atoms with E-state index >= 15 is 0 Å². The van der Waals surface area contributed by atoms with Crippen LogP contribution in [0.4, 0.5) is 10.5 Å². The highest BCUT2D eigenvalue weighted by Crippen LogP contribution is 2.12. The standard InChI is InChI=1S/C23H36N2O6/c1-3-30-22(27)18-24-23(28)25-21-13-9-11-20(17-21)12-10-15-29-14-7-5-4-6-8-16-31-19(2)26/h9,11,13,17H,3-8,10,12,14-16,18H2,1-2H3,(H2,24,25,28). The number of benzene rings is 1. The lowest BCUT2D eigenvalue weighted by Gasteiger charge is -2.09. The largest absolute Gasteiger partial charge is 0.466 e. The molecule has 0 aliphatic heterocycles. The predicted molar refractivity (Wildman–Crippen MR) is 119 cm³/mol. The van der Waals surface area contributed by atoms with Crippen molar-refractivity contribution < 1.29 is 28.6 Å². The molecule has 0 bridgehead atoms. The van der Waals surface area contributed by atoms with Crippen molar-refractivity contribution in [3.63, 3.8) is 0 Å². The van der Waals surface area contributed by atoms with Gasteiger partial charge in [0.2, 0.25) is 0 Å². The second-order valence-corrected chi connectivity index (χ2v) is 7.14. The minimum Gasteiger partial charge on any atom is -0.466 e. The normalized spacial score (nSPS) is 10.4. The lowest BCUT2D eigenvalue weighted by molar-refractivity contribution is -0.142. The van der Waals surface area contributed by atoms with Crippen LogP contribution < -0.4 is 10.6 Å². The number of rotatable bonds is 16. The van der Waals surface area contributed by atoms with Gasteiger partial charge < -0.3 is 24.8 Å². The molecule has 0 fully saturated rings. The van der Waals surface area contributed by atoms with Crippen LogP contribution in [0.15, 0.2) is 24.3 Å². The van der Waals surface area contributed by atoms with Gasteiger partial charge in [0.1, 0.15) is 6.54 Å². The first-order valence-corrected chi connectivity index (χ1v) is 11.0. The zero-order valence-electron chi connectivity index (χ0n) is 18.7. The molecule has 0 aliphatic carbocycles. The van der Waals surface area contributed by atoms with Crippen molar-refractivity contribution in [2.45, 2.75) is 58.8 Å². The molecule has 0 spiro atoms. The number of carbonyl (C=O) groups is 3. The van der Waals surface area contributed by atoms with E-state index < -0.39 is 12.0 Å². The Morgan fingerprint density at radius 3 is 2.35 bits per heavy atom. The minimum atomic E-state index is -0.467. The van der Waals surface area contributed by atoms with E-state index in [4.69, 9.17) is 14.2 Å². The smallest absolute Gasteiger partial charge is 0.325 e. The molecule has 0 aromatic heterocycles. The number of ether oxygens (including phenoxy) is 3. The summed E-state index contributed by atoms with van der Waals surface area (Å²) >= 11 is 0. The molecule has 8 nitrogen and oxygen atoms in total. The zero-order chi connectivity index (χ0) is 22.7. The minimum absolute atomic E-state index is 0.162. The number of aryl methyl sites for hydroxylation is 1. The number of hydrogen-bond donors (Lipinski definition) is 2. The Labute approximate surface area is 185 Å². The maximum Gasteiger partial charge on any atom is 0.325 e. The van der Waals surface area contributed by atoms with Gasteiger partial charge in [-0.25, -0.2) is 4.79 Å².